The van der Waals surface area contributed by atoms with Crippen LogP contribution in [0.5, 0.6) is 0 Å². The predicted molar refractivity (Wildman–Crippen MR) is 78.5 cm³/mol. The van der Waals surface area contributed by atoms with Gasteiger partial charge in [0.25, 0.3) is 0 Å². The van der Waals surface area contributed by atoms with Crippen molar-refractivity contribution in [3.8, 4) is 0 Å². The standard InChI is InChI=1S/C15H26N2O3/c1-3-10-17(11-14(18)19)15(20)16-9-8-13-6-4-12(2)5-7-13/h3,12-13H,1,4-11H2,2H3,(H,16,20)(H,18,19). The van der Waals surface area contributed by atoms with Crippen LogP contribution in [0.3, 0.4) is 0 Å². The monoisotopic (exact) mass is 282 g/mol. The van der Waals surface area contributed by atoms with Crippen LogP contribution in [0.15, 0.2) is 12.7 Å². The van der Waals surface area contributed by atoms with Gasteiger partial charge in [0.15, 0.2) is 0 Å². The molecule has 0 spiro atoms. The molecule has 114 valence electrons. The minimum atomic E-state index is -1.01. The average molecular weight is 282 g/mol. The molecule has 0 atom stereocenters. The summed E-state index contributed by atoms with van der Waals surface area (Å²) < 4.78 is 0. The van der Waals surface area contributed by atoms with Crippen LogP contribution in [0.2, 0.25) is 0 Å². The largest absolute Gasteiger partial charge is 0.480 e. The van der Waals surface area contributed by atoms with E-state index < -0.39 is 5.97 Å². The van der Waals surface area contributed by atoms with Crippen molar-refractivity contribution in [3.63, 3.8) is 0 Å². The van der Waals surface area contributed by atoms with E-state index in [2.05, 4.69) is 18.8 Å². The van der Waals surface area contributed by atoms with Crippen LogP contribution in [-0.4, -0.2) is 41.6 Å². The summed E-state index contributed by atoms with van der Waals surface area (Å²) >= 11 is 0. The molecule has 1 aliphatic rings. The second-order valence-corrected chi connectivity index (χ2v) is 5.71. The van der Waals surface area contributed by atoms with Crippen molar-refractivity contribution in [2.75, 3.05) is 19.6 Å². The summed E-state index contributed by atoms with van der Waals surface area (Å²) in [5.74, 6) is 0.515. The van der Waals surface area contributed by atoms with Gasteiger partial charge in [-0.2, -0.15) is 0 Å². The Bertz CT molecular complexity index is 336. The first-order valence-corrected chi connectivity index (χ1v) is 7.38. The fourth-order valence-corrected chi connectivity index (χ4v) is 2.65. The molecule has 0 saturated heterocycles. The molecular formula is C15H26N2O3. The second kappa shape index (κ2) is 8.61. The van der Waals surface area contributed by atoms with E-state index >= 15 is 0 Å². The number of carbonyl (C=O) groups excluding carboxylic acids is 1. The topological polar surface area (TPSA) is 69.6 Å². The van der Waals surface area contributed by atoms with Crippen LogP contribution in [0.4, 0.5) is 4.79 Å². The van der Waals surface area contributed by atoms with E-state index in [0.29, 0.717) is 12.5 Å². The molecule has 1 aliphatic carbocycles. The highest BCUT2D eigenvalue weighted by Gasteiger charge is 2.19. The lowest BCUT2D eigenvalue weighted by Gasteiger charge is -2.26. The van der Waals surface area contributed by atoms with Crippen LogP contribution < -0.4 is 5.32 Å². The summed E-state index contributed by atoms with van der Waals surface area (Å²) in [4.78, 5) is 23.8. The Hall–Kier alpha value is -1.52. The van der Waals surface area contributed by atoms with E-state index in [9.17, 15) is 9.59 Å². The Morgan fingerprint density at radius 1 is 1.35 bits per heavy atom. The van der Waals surface area contributed by atoms with Gasteiger partial charge in [0.2, 0.25) is 0 Å². The number of urea groups is 1. The third kappa shape index (κ3) is 6.08. The lowest BCUT2D eigenvalue weighted by atomic mass is 9.81. The van der Waals surface area contributed by atoms with Crippen LogP contribution >= 0.6 is 0 Å². The maximum atomic E-state index is 11.9. The Balaban J connectivity index is 2.26. The third-order valence-corrected chi connectivity index (χ3v) is 3.93. The highest BCUT2D eigenvalue weighted by atomic mass is 16.4. The zero-order chi connectivity index (χ0) is 15.0. The Kier molecular flexibility index (Phi) is 7.12. The van der Waals surface area contributed by atoms with Crippen molar-refractivity contribution >= 4 is 12.0 Å². The number of aliphatic carboxylic acids is 1. The number of nitrogens with zero attached hydrogens (tertiary/aromatic N) is 1. The van der Waals surface area contributed by atoms with Gasteiger partial charge in [-0.1, -0.05) is 38.7 Å². The molecule has 0 unspecified atom stereocenters. The van der Waals surface area contributed by atoms with Gasteiger partial charge >= 0.3 is 12.0 Å². The van der Waals surface area contributed by atoms with Gasteiger partial charge in [-0.3, -0.25) is 4.79 Å². The molecule has 5 nitrogen and oxygen atoms in total. The number of carbonyl (C=O) groups is 2. The molecule has 1 saturated carbocycles. The minimum Gasteiger partial charge on any atom is -0.480 e. The van der Waals surface area contributed by atoms with Crippen molar-refractivity contribution in [3.05, 3.63) is 12.7 Å². The molecule has 1 fully saturated rings. The Labute approximate surface area is 121 Å². The first kappa shape index (κ1) is 16.5. The fraction of sp³-hybridized carbons (Fsp3) is 0.733. The van der Waals surface area contributed by atoms with Crippen molar-refractivity contribution < 1.29 is 14.7 Å². The van der Waals surface area contributed by atoms with E-state index in [4.69, 9.17) is 5.11 Å². The van der Waals surface area contributed by atoms with Gasteiger partial charge in [0.1, 0.15) is 6.54 Å². The molecule has 0 aromatic heterocycles. The molecule has 20 heavy (non-hydrogen) atoms. The SMILES string of the molecule is C=CCN(CC(=O)O)C(=O)NCCC1CCC(C)CC1. The van der Waals surface area contributed by atoms with E-state index in [1.807, 2.05) is 0 Å². The van der Waals surface area contributed by atoms with Gasteiger partial charge in [-0.05, 0) is 18.3 Å². The van der Waals surface area contributed by atoms with Gasteiger partial charge in [0.05, 0.1) is 0 Å². The maximum absolute atomic E-state index is 11.9. The second-order valence-electron chi connectivity index (χ2n) is 5.71. The number of carboxylic acid groups (broad SMARTS) is 1. The number of amides is 2. The summed E-state index contributed by atoms with van der Waals surface area (Å²) in [7, 11) is 0. The van der Waals surface area contributed by atoms with E-state index in [1.165, 1.54) is 36.7 Å². The lowest BCUT2D eigenvalue weighted by molar-refractivity contribution is -0.137. The van der Waals surface area contributed by atoms with Crippen molar-refractivity contribution in [1.29, 1.82) is 0 Å². The van der Waals surface area contributed by atoms with Crippen LogP contribution in [-0.2, 0) is 4.79 Å². The Morgan fingerprint density at radius 2 is 2.00 bits per heavy atom. The molecule has 0 radical (unpaired) electrons. The predicted octanol–water partition coefficient (Wildman–Crippen LogP) is 2.49. The highest BCUT2D eigenvalue weighted by Crippen LogP contribution is 2.29. The van der Waals surface area contributed by atoms with Gasteiger partial charge < -0.3 is 15.3 Å². The molecule has 0 aromatic rings. The van der Waals surface area contributed by atoms with Gasteiger partial charge in [-0.15, -0.1) is 6.58 Å². The summed E-state index contributed by atoms with van der Waals surface area (Å²) in [5.41, 5.74) is 0. The highest BCUT2D eigenvalue weighted by molar-refractivity contribution is 5.80. The number of carboxylic acids is 1. The first-order valence-electron chi connectivity index (χ1n) is 7.38. The summed E-state index contributed by atoms with van der Waals surface area (Å²) in [6.07, 6.45) is 7.55. The molecule has 2 amide bonds. The molecule has 5 heteroatoms. The van der Waals surface area contributed by atoms with Gasteiger partial charge in [0, 0.05) is 13.1 Å². The summed E-state index contributed by atoms with van der Waals surface area (Å²) in [5, 5.41) is 11.6. The number of hydrogen-bond acceptors (Lipinski definition) is 2. The smallest absolute Gasteiger partial charge is 0.323 e. The van der Waals surface area contributed by atoms with E-state index in [-0.39, 0.29) is 19.1 Å². The summed E-state index contributed by atoms with van der Waals surface area (Å²) in [6, 6.07) is -0.323. The number of hydrogen-bond donors (Lipinski definition) is 2. The summed E-state index contributed by atoms with van der Waals surface area (Å²) in [6.45, 7) is 6.40. The normalized spacial score (nSPS) is 22.1. The van der Waals surface area contributed by atoms with E-state index in [0.717, 1.165) is 12.3 Å². The van der Waals surface area contributed by atoms with Crippen molar-refractivity contribution in [2.24, 2.45) is 11.8 Å². The minimum absolute atomic E-state index is 0.249. The van der Waals surface area contributed by atoms with Crippen LogP contribution in [0.1, 0.15) is 39.0 Å². The first-order chi connectivity index (χ1) is 9.52. The number of rotatable bonds is 7. The molecule has 1 rings (SSSR count). The van der Waals surface area contributed by atoms with Crippen LogP contribution in [0, 0.1) is 11.8 Å². The molecule has 0 heterocycles. The maximum Gasteiger partial charge on any atom is 0.323 e. The zero-order valence-corrected chi connectivity index (χ0v) is 12.3. The Morgan fingerprint density at radius 3 is 2.55 bits per heavy atom. The fourth-order valence-electron chi connectivity index (χ4n) is 2.65. The number of nitrogens with one attached hydrogen (secondary N) is 1. The average Bonchev–Trinajstić information content (AvgIpc) is 2.40. The quantitative estimate of drug-likeness (QED) is 0.705. The van der Waals surface area contributed by atoms with Crippen LogP contribution in [0.25, 0.3) is 0 Å². The van der Waals surface area contributed by atoms with Crippen molar-refractivity contribution in [2.45, 2.75) is 39.0 Å². The van der Waals surface area contributed by atoms with Crippen molar-refractivity contribution in [1.82, 2.24) is 10.2 Å². The lowest BCUT2D eigenvalue weighted by Crippen LogP contribution is -2.43. The molecule has 2 N–H and O–H groups in total. The molecule has 0 bridgehead atoms. The molecule has 0 aromatic carbocycles. The van der Waals surface area contributed by atoms with E-state index in [1.54, 1.807) is 0 Å². The molecule has 0 aliphatic heterocycles. The third-order valence-electron chi connectivity index (χ3n) is 3.93. The molecular weight excluding hydrogens is 256 g/mol. The zero-order valence-electron chi connectivity index (χ0n) is 12.3. The van der Waals surface area contributed by atoms with Gasteiger partial charge in [-0.25, -0.2) is 4.79 Å².